The Morgan fingerprint density at radius 3 is 2.74 bits per heavy atom. The normalized spacial score (nSPS) is 14.3. The summed E-state index contributed by atoms with van der Waals surface area (Å²) >= 11 is 5.95. The lowest BCUT2D eigenvalue weighted by molar-refractivity contribution is -0.137. The lowest BCUT2D eigenvalue weighted by Gasteiger charge is -2.22. The van der Waals surface area contributed by atoms with Crippen molar-refractivity contribution < 1.29 is 14.3 Å². The van der Waals surface area contributed by atoms with Crippen LogP contribution in [0, 0.1) is 0 Å². The second kappa shape index (κ2) is 7.20. The van der Waals surface area contributed by atoms with Crippen LogP contribution in [0.15, 0.2) is 60.0 Å². The van der Waals surface area contributed by atoms with Crippen molar-refractivity contribution in [2.75, 3.05) is 5.01 Å². The highest BCUT2D eigenvalue weighted by atomic mass is 35.5. The van der Waals surface area contributed by atoms with Gasteiger partial charge >= 0.3 is 5.97 Å². The van der Waals surface area contributed by atoms with Gasteiger partial charge in [0.15, 0.2) is 0 Å². The van der Waals surface area contributed by atoms with E-state index >= 15 is 0 Å². The van der Waals surface area contributed by atoms with E-state index in [0.29, 0.717) is 22.1 Å². The number of pyridine rings is 1. The fourth-order valence-electron chi connectivity index (χ4n) is 2.78. The number of amides is 1. The number of ether oxygens (including phenoxy) is 1. The molecule has 0 radical (unpaired) electrons. The van der Waals surface area contributed by atoms with E-state index in [-0.39, 0.29) is 31.1 Å². The molecule has 1 aliphatic heterocycles. The second-order valence-electron chi connectivity index (χ2n) is 6.01. The van der Waals surface area contributed by atoms with Crippen LogP contribution in [-0.2, 0) is 20.9 Å². The Morgan fingerprint density at radius 2 is 1.93 bits per heavy atom. The molecule has 1 amide bonds. The molecule has 27 heavy (non-hydrogen) atoms. The Balaban J connectivity index is 1.47. The van der Waals surface area contributed by atoms with Crippen LogP contribution in [0.4, 0.5) is 5.69 Å². The molecule has 3 heterocycles. The predicted molar refractivity (Wildman–Crippen MR) is 101 cm³/mol. The summed E-state index contributed by atoms with van der Waals surface area (Å²) in [5.74, 6) is -0.714. The highest BCUT2D eigenvalue weighted by Gasteiger charge is 2.26. The molecule has 0 saturated heterocycles. The highest BCUT2D eigenvalue weighted by Crippen LogP contribution is 2.20. The van der Waals surface area contributed by atoms with Gasteiger partial charge in [-0.25, -0.2) is 14.8 Å². The maximum atomic E-state index is 12.4. The number of halogens is 1. The molecular formula is C19H15ClN4O3. The van der Waals surface area contributed by atoms with Gasteiger partial charge in [-0.1, -0.05) is 29.8 Å². The number of aromatic nitrogens is 2. The van der Waals surface area contributed by atoms with Gasteiger partial charge in [0, 0.05) is 25.2 Å². The number of hydrazone groups is 1. The van der Waals surface area contributed by atoms with E-state index < -0.39 is 5.97 Å². The molecule has 3 aromatic rings. The summed E-state index contributed by atoms with van der Waals surface area (Å²) in [5, 5.41) is 6.01. The monoisotopic (exact) mass is 382 g/mol. The molecule has 0 atom stereocenters. The van der Waals surface area contributed by atoms with Gasteiger partial charge in [-0.05, 0) is 24.3 Å². The molecule has 1 aliphatic rings. The number of para-hydroxylation sites is 1. The Hall–Kier alpha value is -3.19. The number of anilines is 1. The maximum Gasteiger partial charge on any atom is 0.354 e. The van der Waals surface area contributed by atoms with E-state index in [1.807, 2.05) is 6.07 Å². The quantitative estimate of drug-likeness (QED) is 0.649. The van der Waals surface area contributed by atoms with Gasteiger partial charge in [0.05, 0.1) is 16.4 Å². The number of carbonyl (C=O) groups is 2. The van der Waals surface area contributed by atoms with Crippen molar-refractivity contribution in [3.8, 4) is 0 Å². The van der Waals surface area contributed by atoms with Crippen LogP contribution in [0.25, 0.3) is 5.65 Å². The predicted octanol–water partition coefficient (Wildman–Crippen LogP) is 3.21. The molecule has 0 saturated carbocycles. The van der Waals surface area contributed by atoms with E-state index in [4.69, 9.17) is 16.3 Å². The van der Waals surface area contributed by atoms with Crippen molar-refractivity contribution in [3.05, 3.63) is 65.6 Å². The summed E-state index contributed by atoms with van der Waals surface area (Å²) in [7, 11) is 0. The number of fused-ring (bicyclic) bond motifs is 1. The third kappa shape index (κ3) is 3.68. The lowest BCUT2D eigenvalue weighted by atomic mass is 10.1. The third-order valence-electron chi connectivity index (χ3n) is 4.08. The first kappa shape index (κ1) is 17.2. The summed E-state index contributed by atoms with van der Waals surface area (Å²) in [6, 6.07) is 12.5. The first-order valence-electron chi connectivity index (χ1n) is 8.36. The molecule has 2 aromatic heterocycles. The molecule has 7 nitrogen and oxygen atoms in total. The van der Waals surface area contributed by atoms with Gasteiger partial charge in [-0.3, -0.25) is 4.79 Å². The smallest absolute Gasteiger partial charge is 0.354 e. The molecular weight excluding hydrogens is 368 g/mol. The van der Waals surface area contributed by atoms with Crippen LogP contribution in [0.1, 0.15) is 18.5 Å². The number of carbonyl (C=O) groups excluding carboxylic acids is 2. The van der Waals surface area contributed by atoms with Crippen molar-refractivity contribution in [2.24, 2.45) is 5.10 Å². The average Bonchev–Trinajstić information content (AvgIpc) is 3.09. The molecule has 4 rings (SSSR count). The Kier molecular flexibility index (Phi) is 4.60. The molecule has 0 bridgehead atoms. The zero-order valence-corrected chi connectivity index (χ0v) is 15.0. The molecule has 0 unspecified atom stereocenters. The highest BCUT2D eigenvalue weighted by molar-refractivity contribution is 6.38. The van der Waals surface area contributed by atoms with Crippen LogP contribution in [-0.4, -0.2) is 27.0 Å². The maximum absolute atomic E-state index is 12.4. The third-order valence-corrected chi connectivity index (χ3v) is 4.31. The van der Waals surface area contributed by atoms with Crippen molar-refractivity contribution in [1.29, 1.82) is 0 Å². The van der Waals surface area contributed by atoms with E-state index in [1.165, 1.54) is 5.01 Å². The van der Waals surface area contributed by atoms with E-state index in [2.05, 4.69) is 10.1 Å². The molecule has 0 N–H and O–H groups in total. The Labute approximate surface area is 159 Å². The number of nitrogens with zero attached hydrogens (tertiary/aromatic N) is 4. The SMILES string of the molecule is O=C(OCc1cn2cc(Cl)ccc2n1)C1=NN(c2ccccc2)C(=O)CC1. The summed E-state index contributed by atoms with van der Waals surface area (Å²) in [5.41, 5.74) is 2.13. The number of rotatable bonds is 4. The van der Waals surface area contributed by atoms with E-state index in [0.717, 1.165) is 0 Å². The zero-order valence-electron chi connectivity index (χ0n) is 14.2. The van der Waals surface area contributed by atoms with Crippen molar-refractivity contribution >= 4 is 40.5 Å². The van der Waals surface area contributed by atoms with Crippen molar-refractivity contribution in [1.82, 2.24) is 9.38 Å². The minimum absolute atomic E-state index is 0.0104. The van der Waals surface area contributed by atoms with Gasteiger partial charge in [0.2, 0.25) is 5.91 Å². The van der Waals surface area contributed by atoms with Crippen LogP contribution < -0.4 is 5.01 Å². The first-order chi connectivity index (χ1) is 13.1. The van der Waals surface area contributed by atoms with Crippen LogP contribution >= 0.6 is 11.6 Å². The topological polar surface area (TPSA) is 76.3 Å². The largest absolute Gasteiger partial charge is 0.455 e. The van der Waals surface area contributed by atoms with Gasteiger partial charge < -0.3 is 9.14 Å². The number of benzene rings is 1. The minimum Gasteiger partial charge on any atom is -0.455 e. The lowest BCUT2D eigenvalue weighted by Crippen LogP contribution is -2.34. The number of esters is 1. The second-order valence-corrected chi connectivity index (χ2v) is 6.45. The average molecular weight is 383 g/mol. The Morgan fingerprint density at radius 1 is 1.11 bits per heavy atom. The van der Waals surface area contributed by atoms with Crippen LogP contribution in [0.5, 0.6) is 0 Å². The fourth-order valence-corrected chi connectivity index (χ4v) is 2.95. The minimum atomic E-state index is -0.557. The molecule has 0 fully saturated rings. The molecule has 136 valence electrons. The summed E-state index contributed by atoms with van der Waals surface area (Å²) in [6.07, 6.45) is 3.93. The fraction of sp³-hybridized carbons (Fsp3) is 0.158. The number of hydrogen-bond donors (Lipinski definition) is 0. The molecule has 1 aromatic carbocycles. The van der Waals surface area contributed by atoms with Gasteiger partial charge in [0.25, 0.3) is 0 Å². The summed E-state index contributed by atoms with van der Waals surface area (Å²) in [6.45, 7) is 0.0104. The van der Waals surface area contributed by atoms with Crippen molar-refractivity contribution in [2.45, 2.75) is 19.4 Å². The molecule has 8 heteroatoms. The Bertz CT molecular complexity index is 1050. The molecule has 0 spiro atoms. The zero-order chi connectivity index (χ0) is 18.8. The standard InChI is InChI=1S/C19H15ClN4O3/c20-13-6-8-17-21-14(11-23(17)10-13)12-27-19(26)16-7-9-18(25)24(22-16)15-4-2-1-3-5-15/h1-6,8,10-11H,7,9,12H2. The number of imidazole rings is 1. The first-order valence-corrected chi connectivity index (χ1v) is 8.74. The van der Waals surface area contributed by atoms with Crippen LogP contribution in [0.2, 0.25) is 5.02 Å². The van der Waals surface area contributed by atoms with Crippen LogP contribution in [0.3, 0.4) is 0 Å². The van der Waals surface area contributed by atoms with Gasteiger partial charge in [0.1, 0.15) is 18.0 Å². The van der Waals surface area contributed by atoms with Crippen molar-refractivity contribution in [3.63, 3.8) is 0 Å². The molecule has 0 aliphatic carbocycles. The van der Waals surface area contributed by atoms with Gasteiger partial charge in [-0.2, -0.15) is 5.10 Å². The van der Waals surface area contributed by atoms with E-state index in [9.17, 15) is 9.59 Å². The summed E-state index contributed by atoms with van der Waals surface area (Å²) in [4.78, 5) is 28.9. The number of hydrogen-bond acceptors (Lipinski definition) is 5. The summed E-state index contributed by atoms with van der Waals surface area (Å²) < 4.78 is 7.09. The van der Waals surface area contributed by atoms with Gasteiger partial charge in [-0.15, -0.1) is 0 Å². The van der Waals surface area contributed by atoms with E-state index in [1.54, 1.807) is 53.2 Å².